The summed E-state index contributed by atoms with van der Waals surface area (Å²) in [5.41, 5.74) is 1.02. The minimum absolute atomic E-state index is 0.0868. The van der Waals surface area contributed by atoms with Crippen molar-refractivity contribution in [3.05, 3.63) is 53.9 Å². The zero-order valence-corrected chi connectivity index (χ0v) is 9.29. The van der Waals surface area contributed by atoms with E-state index in [9.17, 15) is 9.90 Å². The average Bonchev–Trinajstić information content (AvgIpc) is 2.39. The molecule has 0 radical (unpaired) electrons. The number of hydrogen-bond donors (Lipinski definition) is 2. The van der Waals surface area contributed by atoms with Crippen molar-refractivity contribution in [3.63, 3.8) is 0 Å². The fourth-order valence-electron chi connectivity index (χ4n) is 1.44. The van der Waals surface area contributed by atoms with Crippen molar-refractivity contribution < 1.29 is 9.90 Å². The van der Waals surface area contributed by atoms with Crippen LogP contribution in [0.2, 0.25) is 0 Å². The summed E-state index contributed by atoms with van der Waals surface area (Å²) in [6.45, 7) is 0. The molecule has 88 valence electrons. The maximum absolute atomic E-state index is 11.9. The third-order valence-corrected chi connectivity index (χ3v) is 2.28. The lowest BCUT2D eigenvalue weighted by atomic mass is 10.2. The van der Waals surface area contributed by atoms with Crippen LogP contribution in [-0.2, 0) is 0 Å². The highest BCUT2D eigenvalue weighted by Crippen LogP contribution is 2.16. The van der Waals surface area contributed by atoms with Crippen LogP contribution >= 0.6 is 0 Å². The van der Waals surface area contributed by atoms with E-state index in [0.29, 0.717) is 11.3 Å². The second-order valence-electron chi connectivity index (χ2n) is 3.54. The lowest BCUT2D eigenvalue weighted by Crippen LogP contribution is -2.12. The second-order valence-corrected chi connectivity index (χ2v) is 3.54. The topological polar surface area (TPSA) is 86.0 Å². The Morgan fingerprint density at radius 2 is 2.11 bits per heavy atom. The number of nitriles is 1. The first-order valence-corrected chi connectivity index (χ1v) is 5.15. The Bertz CT molecular complexity index is 632. The molecule has 18 heavy (non-hydrogen) atoms. The van der Waals surface area contributed by atoms with Crippen LogP contribution < -0.4 is 5.32 Å². The van der Waals surface area contributed by atoms with Crippen molar-refractivity contribution in [2.24, 2.45) is 0 Å². The van der Waals surface area contributed by atoms with E-state index < -0.39 is 5.91 Å². The molecule has 0 bridgehead atoms. The molecule has 2 rings (SSSR count). The van der Waals surface area contributed by atoms with Crippen LogP contribution in [0.5, 0.6) is 5.75 Å². The predicted octanol–water partition coefficient (Wildman–Crippen LogP) is 1.91. The summed E-state index contributed by atoms with van der Waals surface area (Å²) in [6, 6.07) is 9.96. The third kappa shape index (κ3) is 2.44. The van der Waals surface area contributed by atoms with Gasteiger partial charge >= 0.3 is 0 Å². The summed E-state index contributed by atoms with van der Waals surface area (Å²) >= 11 is 0. The number of aromatic nitrogens is 1. The number of nitrogens with one attached hydrogen (secondary N) is 1. The van der Waals surface area contributed by atoms with Crippen LogP contribution in [0.15, 0.2) is 42.7 Å². The molecule has 0 unspecified atom stereocenters. The van der Waals surface area contributed by atoms with Gasteiger partial charge in [-0.2, -0.15) is 5.26 Å². The Kier molecular flexibility index (Phi) is 3.21. The lowest BCUT2D eigenvalue weighted by molar-refractivity contribution is 0.102. The number of anilines is 1. The number of aromatic hydroxyl groups is 1. The van der Waals surface area contributed by atoms with E-state index in [1.807, 2.05) is 6.07 Å². The largest absolute Gasteiger partial charge is 0.506 e. The Hall–Kier alpha value is -2.87. The molecule has 0 aliphatic carbocycles. The predicted molar refractivity (Wildman–Crippen MR) is 65.0 cm³/mol. The van der Waals surface area contributed by atoms with E-state index in [2.05, 4.69) is 10.3 Å². The highest BCUT2D eigenvalue weighted by Gasteiger charge is 2.09. The Balaban J connectivity index is 2.25. The molecule has 0 saturated carbocycles. The molecular weight excluding hydrogens is 230 g/mol. The van der Waals surface area contributed by atoms with E-state index in [0.717, 1.165) is 0 Å². The minimum atomic E-state index is -0.430. The molecule has 2 N–H and O–H groups in total. The zero-order valence-electron chi connectivity index (χ0n) is 9.29. The normalized spacial score (nSPS) is 9.50. The number of hydrogen-bond acceptors (Lipinski definition) is 4. The molecular formula is C13H9N3O2. The molecule has 1 aromatic heterocycles. The fraction of sp³-hybridized carbons (Fsp3) is 0. The number of carbonyl (C=O) groups is 1. The van der Waals surface area contributed by atoms with Gasteiger partial charge < -0.3 is 10.4 Å². The number of pyridine rings is 1. The van der Waals surface area contributed by atoms with Crippen LogP contribution in [0.25, 0.3) is 0 Å². The van der Waals surface area contributed by atoms with Crippen LogP contribution in [0.4, 0.5) is 5.69 Å². The van der Waals surface area contributed by atoms with E-state index in [1.54, 1.807) is 24.3 Å². The third-order valence-electron chi connectivity index (χ3n) is 2.28. The molecule has 1 aromatic carbocycles. The average molecular weight is 239 g/mol. The van der Waals surface area contributed by atoms with Gasteiger partial charge in [-0.15, -0.1) is 0 Å². The Labute approximate surface area is 103 Å². The van der Waals surface area contributed by atoms with E-state index in [1.165, 1.54) is 18.5 Å². The first-order chi connectivity index (χ1) is 8.70. The number of carbonyl (C=O) groups excluding carboxylic acids is 1. The van der Waals surface area contributed by atoms with Gasteiger partial charge in [0.05, 0.1) is 23.0 Å². The van der Waals surface area contributed by atoms with E-state index in [4.69, 9.17) is 5.26 Å². The molecule has 1 amide bonds. The van der Waals surface area contributed by atoms with Crippen LogP contribution in [0.1, 0.15) is 15.9 Å². The zero-order chi connectivity index (χ0) is 13.0. The van der Waals surface area contributed by atoms with Gasteiger partial charge in [0, 0.05) is 6.20 Å². The van der Waals surface area contributed by atoms with Gasteiger partial charge in [-0.3, -0.25) is 9.78 Å². The Morgan fingerprint density at radius 3 is 2.83 bits per heavy atom. The smallest absolute Gasteiger partial charge is 0.257 e. The second kappa shape index (κ2) is 4.97. The quantitative estimate of drug-likeness (QED) is 0.838. The molecule has 0 fully saturated rings. The molecule has 2 aromatic rings. The molecule has 0 atom stereocenters. The molecule has 5 heteroatoms. The molecule has 0 aliphatic heterocycles. The fourth-order valence-corrected chi connectivity index (χ4v) is 1.44. The minimum Gasteiger partial charge on any atom is -0.506 e. The standard InChI is InChI=1S/C13H9N3O2/c14-6-9-3-1-2-4-12(9)16-13(18)10-5-11(17)8-15-7-10/h1-5,7-8,17H,(H,16,18). The van der Waals surface area contributed by atoms with Crippen molar-refractivity contribution >= 4 is 11.6 Å². The maximum atomic E-state index is 11.9. The number of nitrogens with zero attached hydrogens (tertiary/aromatic N) is 2. The molecule has 0 aliphatic rings. The monoisotopic (exact) mass is 239 g/mol. The summed E-state index contributed by atoms with van der Waals surface area (Å²) < 4.78 is 0. The van der Waals surface area contributed by atoms with Gasteiger partial charge in [-0.1, -0.05) is 12.1 Å². The first kappa shape index (κ1) is 11.6. The van der Waals surface area contributed by atoms with E-state index >= 15 is 0 Å². The van der Waals surface area contributed by atoms with Crippen molar-refractivity contribution in [2.75, 3.05) is 5.32 Å². The van der Waals surface area contributed by atoms with Gasteiger partial charge in [0.15, 0.2) is 0 Å². The lowest BCUT2D eigenvalue weighted by Gasteiger charge is -2.06. The van der Waals surface area contributed by atoms with Crippen molar-refractivity contribution in [3.8, 4) is 11.8 Å². The van der Waals surface area contributed by atoms with Crippen LogP contribution in [-0.4, -0.2) is 16.0 Å². The SMILES string of the molecule is N#Cc1ccccc1NC(=O)c1cncc(O)c1. The van der Waals surface area contributed by atoms with Gasteiger partial charge in [-0.25, -0.2) is 0 Å². The van der Waals surface area contributed by atoms with Crippen molar-refractivity contribution in [1.29, 1.82) is 5.26 Å². The molecule has 0 spiro atoms. The summed E-state index contributed by atoms with van der Waals surface area (Å²) in [5.74, 6) is -0.516. The number of para-hydroxylation sites is 1. The summed E-state index contributed by atoms with van der Waals surface area (Å²) in [7, 11) is 0. The van der Waals surface area contributed by atoms with Gasteiger partial charge in [0.1, 0.15) is 11.8 Å². The van der Waals surface area contributed by atoms with Gasteiger partial charge in [0.25, 0.3) is 5.91 Å². The number of amides is 1. The first-order valence-electron chi connectivity index (χ1n) is 5.15. The van der Waals surface area contributed by atoms with Crippen molar-refractivity contribution in [1.82, 2.24) is 4.98 Å². The summed E-state index contributed by atoms with van der Waals surface area (Å²) in [5, 5.41) is 20.7. The maximum Gasteiger partial charge on any atom is 0.257 e. The van der Waals surface area contributed by atoms with Gasteiger partial charge in [-0.05, 0) is 18.2 Å². The van der Waals surface area contributed by atoms with Gasteiger partial charge in [0.2, 0.25) is 0 Å². The van der Waals surface area contributed by atoms with E-state index in [-0.39, 0.29) is 11.3 Å². The highest BCUT2D eigenvalue weighted by molar-refractivity contribution is 6.04. The number of benzene rings is 1. The van der Waals surface area contributed by atoms with Crippen LogP contribution in [0, 0.1) is 11.3 Å². The summed E-state index contributed by atoms with van der Waals surface area (Å²) in [4.78, 5) is 15.6. The van der Waals surface area contributed by atoms with Crippen molar-refractivity contribution in [2.45, 2.75) is 0 Å². The number of rotatable bonds is 2. The molecule has 1 heterocycles. The highest BCUT2D eigenvalue weighted by atomic mass is 16.3. The molecule has 0 saturated heterocycles. The molecule has 5 nitrogen and oxygen atoms in total. The Morgan fingerprint density at radius 1 is 1.33 bits per heavy atom. The van der Waals surface area contributed by atoms with Crippen LogP contribution in [0.3, 0.4) is 0 Å². The summed E-state index contributed by atoms with van der Waals surface area (Å²) in [6.07, 6.45) is 2.57.